The molecule has 4 N–H and O–H groups in total. The zero-order valence-corrected chi connectivity index (χ0v) is 15.2. The Balaban J connectivity index is 0.00000225. The number of halogens is 1. The largest absolute Gasteiger partial charge is 0.339 e. The van der Waals surface area contributed by atoms with E-state index >= 15 is 0 Å². The highest BCUT2D eigenvalue weighted by Crippen LogP contribution is 2.23. The summed E-state index contributed by atoms with van der Waals surface area (Å²) in [5.74, 6) is -0.0932. The Kier molecular flexibility index (Phi) is 6.02. The van der Waals surface area contributed by atoms with E-state index in [1.54, 1.807) is 6.92 Å². The summed E-state index contributed by atoms with van der Waals surface area (Å²) in [6, 6.07) is 6.95. The molecule has 3 unspecified atom stereocenters. The van der Waals surface area contributed by atoms with Crippen molar-refractivity contribution in [3.63, 3.8) is 0 Å². The number of aromatic amines is 1. The van der Waals surface area contributed by atoms with Crippen molar-refractivity contribution in [2.45, 2.75) is 32.4 Å². The second-order valence-corrected chi connectivity index (χ2v) is 6.49. The van der Waals surface area contributed by atoms with Crippen LogP contribution in [0.1, 0.15) is 30.8 Å². The first-order valence-electron chi connectivity index (χ1n) is 8.25. The molecule has 1 aromatic carbocycles. The van der Waals surface area contributed by atoms with E-state index in [0.29, 0.717) is 24.7 Å². The molecule has 0 aliphatic carbocycles. The maximum absolute atomic E-state index is 12.6. The van der Waals surface area contributed by atoms with Crippen LogP contribution in [0.25, 0.3) is 10.9 Å². The van der Waals surface area contributed by atoms with Gasteiger partial charge < -0.3 is 16.0 Å². The van der Waals surface area contributed by atoms with Gasteiger partial charge in [-0.05, 0) is 38.8 Å². The molecule has 7 nitrogen and oxygen atoms in total. The van der Waals surface area contributed by atoms with Crippen LogP contribution in [0.5, 0.6) is 0 Å². The average Bonchev–Trinajstić information content (AvgIpc) is 3.17. The van der Waals surface area contributed by atoms with Gasteiger partial charge >= 0.3 is 0 Å². The Labute approximate surface area is 152 Å². The minimum atomic E-state index is -0.605. The molecule has 0 radical (unpaired) electrons. The summed E-state index contributed by atoms with van der Waals surface area (Å²) in [5.41, 5.74) is 6.81. The molecule has 3 rings (SSSR count). The van der Waals surface area contributed by atoms with Crippen molar-refractivity contribution in [3.05, 3.63) is 30.0 Å². The summed E-state index contributed by atoms with van der Waals surface area (Å²) in [6.07, 6.45) is 0.910. The number of aromatic nitrogens is 2. The highest BCUT2D eigenvalue weighted by Gasteiger charge is 2.34. The van der Waals surface area contributed by atoms with Gasteiger partial charge in [-0.2, -0.15) is 5.10 Å². The third-order valence-electron chi connectivity index (χ3n) is 4.68. The van der Waals surface area contributed by atoms with Crippen LogP contribution < -0.4 is 11.1 Å². The molecule has 136 valence electrons. The second kappa shape index (κ2) is 7.84. The van der Waals surface area contributed by atoms with Crippen LogP contribution in [0.4, 0.5) is 0 Å². The van der Waals surface area contributed by atoms with Gasteiger partial charge in [0, 0.05) is 18.0 Å². The minimum Gasteiger partial charge on any atom is -0.339 e. The molecule has 3 atom stereocenters. The van der Waals surface area contributed by atoms with Crippen LogP contribution in [0.2, 0.25) is 0 Å². The van der Waals surface area contributed by atoms with Gasteiger partial charge in [-0.3, -0.25) is 14.7 Å². The normalized spacial score (nSPS) is 21.0. The average molecular weight is 366 g/mol. The van der Waals surface area contributed by atoms with Crippen LogP contribution in [0, 0.1) is 5.92 Å². The van der Waals surface area contributed by atoms with Gasteiger partial charge in [-0.15, -0.1) is 12.4 Å². The molecular formula is C17H24ClN5O2. The maximum Gasteiger partial charge on any atom is 0.273 e. The lowest BCUT2D eigenvalue weighted by atomic mass is 10.1. The number of rotatable bonds is 4. The highest BCUT2D eigenvalue weighted by molar-refractivity contribution is 6.05. The number of benzene rings is 1. The molecule has 1 aliphatic heterocycles. The topological polar surface area (TPSA) is 104 Å². The molecule has 2 heterocycles. The molecule has 25 heavy (non-hydrogen) atoms. The summed E-state index contributed by atoms with van der Waals surface area (Å²) in [6.45, 7) is 4.96. The first kappa shape index (κ1) is 19.2. The third kappa shape index (κ3) is 3.77. The number of hydrogen-bond acceptors (Lipinski definition) is 4. The van der Waals surface area contributed by atoms with Crippen LogP contribution in [0.3, 0.4) is 0 Å². The van der Waals surface area contributed by atoms with Gasteiger partial charge in [0.1, 0.15) is 6.04 Å². The molecule has 1 aromatic heterocycles. The quantitative estimate of drug-likeness (QED) is 0.759. The number of para-hydroxylation sites is 1. The van der Waals surface area contributed by atoms with E-state index in [1.165, 1.54) is 0 Å². The van der Waals surface area contributed by atoms with E-state index in [-0.39, 0.29) is 30.3 Å². The number of H-pyrrole nitrogens is 1. The van der Waals surface area contributed by atoms with Gasteiger partial charge in [0.25, 0.3) is 5.91 Å². The number of nitrogens with one attached hydrogen (secondary N) is 2. The zero-order chi connectivity index (χ0) is 17.3. The fourth-order valence-corrected chi connectivity index (χ4v) is 3.33. The Morgan fingerprint density at radius 2 is 2.16 bits per heavy atom. The minimum absolute atomic E-state index is 0. The fraction of sp³-hybridized carbons (Fsp3) is 0.471. The molecule has 2 amide bonds. The lowest BCUT2D eigenvalue weighted by Crippen LogP contribution is -2.48. The summed E-state index contributed by atoms with van der Waals surface area (Å²) in [4.78, 5) is 26.9. The summed E-state index contributed by atoms with van der Waals surface area (Å²) >= 11 is 0. The summed E-state index contributed by atoms with van der Waals surface area (Å²) < 4.78 is 0. The number of amides is 2. The van der Waals surface area contributed by atoms with Gasteiger partial charge in [-0.25, -0.2) is 0 Å². The number of nitrogens with zero attached hydrogens (tertiary/aromatic N) is 2. The van der Waals surface area contributed by atoms with E-state index in [4.69, 9.17) is 5.73 Å². The van der Waals surface area contributed by atoms with Crippen molar-refractivity contribution in [1.82, 2.24) is 20.4 Å². The first-order valence-corrected chi connectivity index (χ1v) is 8.25. The van der Waals surface area contributed by atoms with E-state index in [2.05, 4.69) is 15.5 Å². The highest BCUT2D eigenvalue weighted by atomic mass is 35.5. The van der Waals surface area contributed by atoms with Crippen LogP contribution in [0.15, 0.2) is 24.3 Å². The van der Waals surface area contributed by atoms with E-state index < -0.39 is 6.04 Å². The number of carbonyl (C=O) groups excluding carboxylic acids is 2. The fourth-order valence-electron chi connectivity index (χ4n) is 3.33. The van der Waals surface area contributed by atoms with Crippen LogP contribution in [-0.4, -0.2) is 52.1 Å². The number of hydrogen-bond donors (Lipinski definition) is 3. The monoisotopic (exact) mass is 365 g/mol. The van der Waals surface area contributed by atoms with Crippen LogP contribution >= 0.6 is 12.4 Å². The molecule has 1 saturated heterocycles. The third-order valence-corrected chi connectivity index (χ3v) is 4.68. The van der Waals surface area contributed by atoms with Gasteiger partial charge in [-0.1, -0.05) is 18.2 Å². The molecule has 0 spiro atoms. The Bertz CT molecular complexity index is 762. The van der Waals surface area contributed by atoms with E-state index in [9.17, 15) is 9.59 Å². The number of fused-ring (bicyclic) bond motifs is 1. The van der Waals surface area contributed by atoms with Crippen molar-refractivity contribution in [2.24, 2.45) is 11.7 Å². The van der Waals surface area contributed by atoms with Crippen LogP contribution in [-0.2, 0) is 4.79 Å². The standard InChI is InChI=1S/C17H23N5O2.ClH/c1-10-7-12(8-18)9-22(10)17(24)11(2)19-16(23)15-13-5-3-4-6-14(13)20-21-15;/h3-6,10-12H,7-9,18H2,1-2H3,(H,19,23)(H,20,21);1H. The van der Waals surface area contributed by atoms with Gasteiger partial charge in [0.2, 0.25) is 5.91 Å². The van der Waals surface area contributed by atoms with E-state index in [1.807, 2.05) is 36.1 Å². The molecule has 1 fully saturated rings. The first-order chi connectivity index (χ1) is 11.5. The molecule has 8 heteroatoms. The van der Waals surface area contributed by atoms with Crippen molar-refractivity contribution >= 4 is 35.1 Å². The van der Waals surface area contributed by atoms with Gasteiger partial charge in [0.15, 0.2) is 5.69 Å². The smallest absolute Gasteiger partial charge is 0.273 e. The molecular weight excluding hydrogens is 342 g/mol. The lowest BCUT2D eigenvalue weighted by Gasteiger charge is -2.25. The maximum atomic E-state index is 12.6. The second-order valence-electron chi connectivity index (χ2n) is 6.49. The Morgan fingerprint density at radius 3 is 2.84 bits per heavy atom. The molecule has 2 aromatic rings. The SMILES string of the molecule is CC(NC(=O)c1n[nH]c2ccccc12)C(=O)N1CC(CN)CC1C.Cl. The Hall–Kier alpha value is -2.12. The Morgan fingerprint density at radius 1 is 1.44 bits per heavy atom. The van der Waals surface area contributed by atoms with Gasteiger partial charge in [0.05, 0.1) is 5.52 Å². The van der Waals surface area contributed by atoms with Crippen molar-refractivity contribution < 1.29 is 9.59 Å². The molecule has 0 bridgehead atoms. The number of carbonyl (C=O) groups is 2. The predicted octanol–water partition coefficient (Wildman–Crippen LogP) is 1.30. The lowest BCUT2D eigenvalue weighted by molar-refractivity contribution is -0.133. The van der Waals surface area contributed by atoms with E-state index in [0.717, 1.165) is 17.3 Å². The number of likely N-dealkylation sites (tertiary alicyclic amines) is 1. The van der Waals surface area contributed by atoms with Crippen molar-refractivity contribution in [1.29, 1.82) is 0 Å². The van der Waals surface area contributed by atoms with Crippen molar-refractivity contribution in [3.8, 4) is 0 Å². The van der Waals surface area contributed by atoms with Crippen molar-refractivity contribution in [2.75, 3.05) is 13.1 Å². The summed E-state index contributed by atoms with van der Waals surface area (Å²) in [5, 5.41) is 10.4. The predicted molar refractivity (Wildman–Crippen MR) is 98.6 cm³/mol. The summed E-state index contributed by atoms with van der Waals surface area (Å²) in [7, 11) is 0. The molecule has 0 saturated carbocycles. The zero-order valence-electron chi connectivity index (χ0n) is 14.4. The number of nitrogens with two attached hydrogens (primary N) is 1. The molecule has 1 aliphatic rings.